The zero-order valence-electron chi connectivity index (χ0n) is 14.3. The summed E-state index contributed by atoms with van der Waals surface area (Å²) in [6.45, 7) is 1.66. The van der Waals surface area contributed by atoms with Gasteiger partial charge in [-0.15, -0.1) is 0 Å². The Labute approximate surface area is 151 Å². The van der Waals surface area contributed by atoms with Crippen molar-refractivity contribution in [2.24, 2.45) is 0 Å². The number of carbonyl (C=O) groups is 1. The lowest BCUT2D eigenvalue weighted by Gasteiger charge is -2.33. The van der Waals surface area contributed by atoms with Gasteiger partial charge in [-0.05, 0) is 25.0 Å². The molecule has 0 spiro atoms. The zero-order valence-corrected chi connectivity index (χ0v) is 14.3. The van der Waals surface area contributed by atoms with Crippen LogP contribution in [-0.4, -0.2) is 44.8 Å². The predicted molar refractivity (Wildman–Crippen MR) is 98.3 cm³/mol. The van der Waals surface area contributed by atoms with Crippen molar-refractivity contribution < 1.29 is 4.79 Å². The second kappa shape index (κ2) is 7.35. The number of anilines is 1. The van der Waals surface area contributed by atoms with E-state index >= 15 is 0 Å². The molecule has 1 amide bonds. The van der Waals surface area contributed by atoms with E-state index in [-0.39, 0.29) is 11.9 Å². The number of nitrogens with one attached hydrogen (secondary N) is 1. The molecule has 1 saturated heterocycles. The molecule has 4 rings (SSSR count). The highest BCUT2D eigenvalue weighted by atomic mass is 16.1. The predicted octanol–water partition coefficient (Wildman–Crippen LogP) is 2.06. The van der Waals surface area contributed by atoms with Crippen LogP contribution in [0, 0.1) is 0 Å². The summed E-state index contributed by atoms with van der Waals surface area (Å²) >= 11 is 0. The number of hydrogen-bond acceptors (Lipinski definition) is 5. The summed E-state index contributed by atoms with van der Waals surface area (Å²) in [5, 5.41) is 7.41. The van der Waals surface area contributed by atoms with Crippen LogP contribution in [0.25, 0.3) is 5.69 Å². The Kier molecular flexibility index (Phi) is 4.59. The topological polar surface area (TPSA) is 75.9 Å². The molecule has 3 aromatic rings. The quantitative estimate of drug-likeness (QED) is 0.781. The van der Waals surface area contributed by atoms with E-state index in [9.17, 15) is 4.79 Å². The molecule has 0 aliphatic carbocycles. The van der Waals surface area contributed by atoms with Gasteiger partial charge in [-0.1, -0.05) is 18.2 Å². The van der Waals surface area contributed by atoms with Gasteiger partial charge < -0.3 is 10.2 Å². The minimum atomic E-state index is -0.0989. The summed E-state index contributed by atoms with van der Waals surface area (Å²) in [7, 11) is 0. The van der Waals surface area contributed by atoms with E-state index in [1.165, 1.54) is 0 Å². The molecular formula is C19H20N6O. The highest BCUT2D eigenvalue weighted by Gasteiger charge is 2.23. The minimum Gasteiger partial charge on any atom is -0.353 e. The highest BCUT2D eigenvalue weighted by molar-refractivity contribution is 5.94. The van der Waals surface area contributed by atoms with Gasteiger partial charge in [0, 0.05) is 37.7 Å². The maximum Gasteiger partial charge on any atom is 0.254 e. The van der Waals surface area contributed by atoms with Crippen LogP contribution in [0.15, 0.2) is 61.3 Å². The van der Waals surface area contributed by atoms with Crippen molar-refractivity contribution in [2.45, 2.75) is 18.9 Å². The van der Waals surface area contributed by atoms with Crippen LogP contribution in [0.1, 0.15) is 23.2 Å². The van der Waals surface area contributed by atoms with E-state index in [0.717, 1.165) is 37.4 Å². The second-order valence-electron chi connectivity index (χ2n) is 6.33. The summed E-state index contributed by atoms with van der Waals surface area (Å²) < 4.78 is 1.71. The van der Waals surface area contributed by atoms with E-state index in [1.54, 1.807) is 35.7 Å². The van der Waals surface area contributed by atoms with Crippen molar-refractivity contribution in [1.29, 1.82) is 0 Å². The van der Waals surface area contributed by atoms with Gasteiger partial charge in [0.25, 0.3) is 5.91 Å². The van der Waals surface area contributed by atoms with Gasteiger partial charge in [0.15, 0.2) is 0 Å². The molecule has 132 valence electrons. The van der Waals surface area contributed by atoms with Gasteiger partial charge in [0.2, 0.25) is 0 Å². The molecule has 1 aromatic carbocycles. The van der Waals surface area contributed by atoms with Crippen molar-refractivity contribution in [3.05, 3.63) is 66.9 Å². The summed E-state index contributed by atoms with van der Waals surface area (Å²) in [6, 6.07) is 9.83. The van der Waals surface area contributed by atoms with E-state index in [1.807, 2.05) is 30.3 Å². The number of rotatable bonds is 4. The largest absolute Gasteiger partial charge is 0.353 e. The third kappa shape index (κ3) is 3.56. The molecule has 1 unspecified atom stereocenters. The lowest BCUT2D eigenvalue weighted by Crippen LogP contribution is -2.48. The average Bonchev–Trinajstić information content (AvgIpc) is 3.20. The monoisotopic (exact) mass is 348 g/mol. The van der Waals surface area contributed by atoms with Crippen LogP contribution >= 0.6 is 0 Å². The first-order valence-electron chi connectivity index (χ1n) is 8.71. The number of aromatic nitrogens is 4. The zero-order chi connectivity index (χ0) is 17.8. The van der Waals surface area contributed by atoms with Crippen molar-refractivity contribution in [1.82, 2.24) is 25.1 Å². The maximum atomic E-state index is 12.6. The third-order valence-corrected chi connectivity index (χ3v) is 4.50. The van der Waals surface area contributed by atoms with Gasteiger partial charge in [0.1, 0.15) is 5.82 Å². The normalized spacial score (nSPS) is 17.1. The van der Waals surface area contributed by atoms with Gasteiger partial charge in [-0.3, -0.25) is 9.78 Å². The molecule has 0 bridgehead atoms. The van der Waals surface area contributed by atoms with Crippen molar-refractivity contribution >= 4 is 11.7 Å². The molecule has 1 N–H and O–H groups in total. The third-order valence-electron chi connectivity index (χ3n) is 4.50. The molecule has 1 fully saturated rings. The van der Waals surface area contributed by atoms with Crippen LogP contribution < -0.4 is 10.2 Å². The molecule has 1 atom stereocenters. The van der Waals surface area contributed by atoms with Crippen LogP contribution in [-0.2, 0) is 0 Å². The summed E-state index contributed by atoms with van der Waals surface area (Å²) in [4.78, 5) is 23.2. The number of para-hydroxylation sites is 1. The second-order valence-corrected chi connectivity index (χ2v) is 6.33. The molecule has 7 heteroatoms. The van der Waals surface area contributed by atoms with Gasteiger partial charge >= 0.3 is 0 Å². The lowest BCUT2D eigenvalue weighted by molar-refractivity contribution is 0.0933. The molecule has 26 heavy (non-hydrogen) atoms. The average molecular weight is 348 g/mol. The number of piperidine rings is 1. The van der Waals surface area contributed by atoms with E-state index in [0.29, 0.717) is 5.56 Å². The van der Waals surface area contributed by atoms with Gasteiger partial charge in [-0.25, -0.2) is 9.67 Å². The lowest BCUT2D eigenvalue weighted by atomic mass is 10.1. The molecule has 7 nitrogen and oxygen atoms in total. The summed E-state index contributed by atoms with van der Waals surface area (Å²) in [6.07, 6.45) is 10.4. The van der Waals surface area contributed by atoms with Crippen molar-refractivity contribution in [3.8, 4) is 5.69 Å². The van der Waals surface area contributed by atoms with Gasteiger partial charge in [-0.2, -0.15) is 5.10 Å². The Balaban J connectivity index is 1.41. The number of nitrogens with zero attached hydrogens (tertiary/aromatic N) is 5. The molecule has 0 saturated carbocycles. The smallest absolute Gasteiger partial charge is 0.254 e. The Bertz CT molecular complexity index is 864. The van der Waals surface area contributed by atoms with Crippen LogP contribution in [0.2, 0.25) is 0 Å². The number of carbonyl (C=O) groups excluding carboxylic acids is 1. The van der Waals surface area contributed by atoms with Crippen LogP contribution in [0.5, 0.6) is 0 Å². The first kappa shape index (κ1) is 16.3. The summed E-state index contributed by atoms with van der Waals surface area (Å²) in [5.41, 5.74) is 1.49. The Morgan fingerprint density at radius 1 is 1.15 bits per heavy atom. The first-order chi connectivity index (χ1) is 12.8. The number of amides is 1. The maximum absolute atomic E-state index is 12.6. The van der Waals surface area contributed by atoms with Crippen LogP contribution in [0.3, 0.4) is 0 Å². The Hall–Kier alpha value is -3.22. The van der Waals surface area contributed by atoms with Crippen molar-refractivity contribution in [2.75, 3.05) is 18.0 Å². The first-order valence-corrected chi connectivity index (χ1v) is 8.71. The molecule has 3 heterocycles. The van der Waals surface area contributed by atoms with Crippen LogP contribution in [0.4, 0.5) is 5.82 Å². The van der Waals surface area contributed by atoms with E-state index in [4.69, 9.17) is 0 Å². The fraction of sp³-hybridized carbons (Fsp3) is 0.263. The fourth-order valence-corrected chi connectivity index (χ4v) is 3.19. The molecule has 2 aromatic heterocycles. The minimum absolute atomic E-state index is 0.0818. The molecule has 1 aliphatic rings. The van der Waals surface area contributed by atoms with E-state index in [2.05, 4.69) is 25.3 Å². The SMILES string of the molecule is O=C(NC1CCCN(c2cnccn2)C1)c1cnn(-c2ccccc2)c1. The fourth-order valence-electron chi connectivity index (χ4n) is 3.19. The van der Waals surface area contributed by atoms with E-state index < -0.39 is 0 Å². The summed E-state index contributed by atoms with van der Waals surface area (Å²) in [5.74, 6) is 0.751. The standard InChI is InChI=1S/C19H20N6O/c26-19(15-11-22-25(13-15)17-6-2-1-3-7-17)23-16-5-4-10-24(14-16)18-12-20-8-9-21-18/h1-3,6-9,11-13,16H,4-5,10,14H2,(H,23,26). The molecule has 0 radical (unpaired) electrons. The Morgan fingerprint density at radius 3 is 2.85 bits per heavy atom. The van der Waals surface area contributed by atoms with Gasteiger partial charge in [0.05, 0.1) is 23.6 Å². The van der Waals surface area contributed by atoms with Crippen molar-refractivity contribution in [3.63, 3.8) is 0 Å². The highest BCUT2D eigenvalue weighted by Crippen LogP contribution is 2.17. The number of benzene rings is 1. The number of hydrogen-bond donors (Lipinski definition) is 1. The Morgan fingerprint density at radius 2 is 2.04 bits per heavy atom. The molecular weight excluding hydrogens is 328 g/mol. The molecule has 1 aliphatic heterocycles.